The van der Waals surface area contributed by atoms with Gasteiger partial charge in [-0.25, -0.2) is 4.39 Å². The molecule has 0 aromatic heterocycles. The molecule has 0 aliphatic carbocycles. The molecule has 2 aromatic carbocycles. The molecule has 0 bridgehead atoms. The molecule has 0 fully saturated rings. The number of hydrogen-bond donors (Lipinski definition) is 1. The van der Waals surface area contributed by atoms with E-state index in [1.165, 1.54) is 6.07 Å². The Labute approximate surface area is 129 Å². The Morgan fingerprint density at radius 2 is 1.89 bits per heavy atom. The quantitative estimate of drug-likeness (QED) is 0.698. The average molecular weight is 363 g/mol. The standard InChI is InChI=1S/C14H11BrCl2FN/c1-8(11-6-9(15)2-4-13(11)18)19-14-5-3-10(16)7-12(14)17/h2-8,19H,1H3. The highest BCUT2D eigenvalue weighted by molar-refractivity contribution is 9.10. The van der Waals surface area contributed by atoms with E-state index in [4.69, 9.17) is 23.2 Å². The third-order valence-electron chi connectivity index (χ3n) is 2.73. The maximum absolute atomic E-state index is 13.8. The molecule has 0 radical (unpaired) electrons. The van der Waals surface area contributed by atoms with Crippen molar-refractivity contribution in [3.63, 3.8) is 0 Å². The Bertz CT molecular complexity index is 604. The minimum absolute atomic E-state index is 0.212. The zero-order chi connectivity index (χ0) is 14.0. The van der Waals surface area contributed by atoms with Crippen molar-refractivity contribution in [2.24, 2.45) is 0 Å². The van der Waals surface area contributed by atoms with Crippen LogP contribution in [0.15, 0.2) is 40.9 Å². The van der Waals surface area contributed by atoms with Crippen molar-refractivity contribution in [2.75, 3.05) is 5.32 Å². The van der Waals surface area contributed by atoms with Crippen molar-refractivity contribution in [1.82, 2.24) is 0 Å². The Hall–Kier alpha value is -0.770. The molecule has 2 aromatic rings. The van der Waals surface area contributed by atoms with Crippen LogP contribution in [0.25, 0.3) is 0 Å². The third kappa shape index (κ3) is 3.62. The second-order valence-corrected chi connectivity index (χ2v) is 5.92. The molecule has 1 N–H and O–H groups in total. The summed E-state index contributed by atoms with van der Waals surface area (Å²) in [4.78, 5) is 0. The maximum Gasteiger partial charge on any atom is 0.128 e. The fourth-order valence-electron chi connectivity index (χ4n) is 1.76. The van der Waals surface area contributed by atoms with Gasteiger partial charge in [-0.3, -0.25) is 0 Å². The average Bonchev–Trinajstić information content (AvgIpc) is 2.35. The Balaban J connectivity index is 2.25. The molecule has 100 valence electrons. The van der Waals surface area contributed by atoms with Crippen LogP contribution in [-0.2, 0) is 0 Å². The zero-order valence-corrected chi connectivity index (χ0v) is 13.2. The van der Waals surface area contributed by atoms with E-state index in [0.29, 0.717) is 15.6 Å². The number of halogens is 4. The minimum Gasteiger partial charge on any atom is -0.377 e. The first-order chi connectivity index (χ1) is 8.97. The van der Waals surface area contributed by atoms with E-state index < -0.39 is 0 Å². The fraction of sp³-hybridized carbons (Fsp3) is 0.143. The molecule has 0 saturated heterocycles. The zero-order valence-electron chi connectivity index (χ0n) is 10.1. The molecule has 0 aliphatic rings. The van der Waals surface area contributed by atoms with Crippen LogP contribution in [0.4, 0.5) is 10.1 Å². The van der Waals surface area contributed by atoms with Gasteiger partial charge < -0.3 is 5.32 Å². The van der Waals surface area contributed by atoms with Gasteiger partial charge in [0.2, 0.25) is 0 Å². The summed E-state index contributed by atoms with van der Waals surface area (Å²) in [6, 6.07) is 9.79. The Kier molecular flexibility index (Phi) is 4.71. The van der Waals surface area contributed by atoms with E-state index in [1.807, 2.05) is 6.92 Å². The number of benzene rings is 2. The Morgan fingerprint density at radius 1 is 1.16 bits per heavy atom. The van der Waals surface area contributed by atoms with Crippen LogP contribution in [0.1, 0.15) is 18.5 Å². The lowest BCUT2D eigenvalue weighted by Crippen LogP contribution is -2.09. The van der Waals surface area contributed by atoms with E-state index in [2.05, 4.69) is 21.2 Å². The number of hydrogen-bond acceptors (Lipinski definition) is 1. The van der Waals surface area contributed by atoms with Crippen molar-refractivity contribution in [1.29, 1.82) is 0 Å². The van der Waals surface area contributed by atoms with Crippen LogP contribution < -0.4 is 5.32 Å². The van der Waals surface area contributed by atoms with Gasteiger partial charge in [-0.2, -0.15) is 0 Å². The summed E-state index contributed by atoms with van der Waals surface area (Å²) >= 11 is 15.3. The van der Waals surface area contributed by atoms with E-state index in [9.17, 15) is 4.39 Å². The summed E-state index contributed by atoms with van der Waals surface area (Å²) in [7, 11) is 0. The van der Waals surface area contributed by atoms with Crippen molar-refractivity contribution >= 4 is 44.8 Å². The molecule has 0 spiro atoms. The Morgan fingerprint density at radius 3 is 2.58 bits per heavy atom. The minimum atomic E-state index is -0.256. The summed E-state index contributed by atoms with van der Waals surface area (Å²) in [5.41, 5.74) is 1.29. The molecule has 5 heteroatoms. The van der Waals surface area contributed by atoms with E-state index >= 15 is 0 Å². The van der Waals surface area contributed by atoms with E-state index in [0.717, 1.165) is 10.2 Å². The first-order valence-corrected chi connectivity index (χ1v) is 7.19. The maximum atomic E-state index is 13.8. The molecular weight excluding hydrogens is 352 g/mol. The smallest absolute Gasteiger partial charge is 0.128 e. The van der Waals surface area contributed by atoms with Gasteiger partial charge in [-0.05, 0) is 43.3 Å². The highest BCUT2D eigenvalue weighted by Gasteiger charge is 2.12. The molecular formula is C14H11BrCl2FN. The molecule has 0 aliphatic heterocycles. The molecule has 2 rings (SSSR count). The number of anilines is 1. The monoisotopic (exact) mass is 361 g/mol. The van der Waals surface area contributed by atoms with Gasteiger partial charge in [0.1, 0.15) is 5.82 Å². The van der Waals surface area contributed by atoms with Gasteiger partial charge in [0.25, 0.3) is 0 Å². The lowest BCUT2D eigenvalue weighted by molar-refractivity contribution is 0.600. The topological polar surface area (TPSA) is 12.0 Å². The lowest BCUT2D eigenvalue weighted by Gasteiger charge is -2.17. The highest BCUT2D eigenvalue weighted by atomic mass is 79.9. The van der Waals surface area contributed by atoms with Gasteiger partial charge in [0.15, 0.2) is 0 Å². The number of nitrogens with one attached hydrogen (secondary N) is 1. The lowest BCUT2D eigenvalue weighted by atomic mass is 10.1. The van der Waals surface area contributed by atoms with Gasteiger partial charge >= 0.3 is 0 Å². The van der Waals surface area contributed by atoms with Gasteiger partial charge in [-0.15, -0.1) is 0 Å². The molecule has 0 amide bonds. The predicted molar refractivity (Wildman–Crippen MR) is 82.6 cm³/mol. The largest absolute Gasteiger partial charge is 0.377 e. The third-order valence-corrected chi connectivity index (χ3v) is 3.77. The molecule has 0 saturated carbocycles. The molecule has 19 heavy (non-hydrogen) atoms. The number of rotatable bonds is 3. The van der Waals surface area contributed by atoms with Crippen molar-refractivity contribution < 1.29 is 4.39 Å². The van der Waals surface area contributed by atoms with Crippen molar-refractivity contribution in [3.8, 4) is 0 Å². The summed E-state index contributed by atoms with van der Waals surface area (Å²) in [5, 5.41) is 4.25. The second-order valence-electron chi connectivity index (χ2n) is 4.16. The summed E-state index contributed by atoms with van der Waals surface area (Å²) in [6.45, 7) is 1.87. The van der Waals surface area contributed by atoms with Crippen molar-refractivity contribution in [3.05, 3.63) is 62.3 Å². The van der Waals surface area contributed by atoms with Crippen LogP contribution in [-0.4, -0.2) is 0 Å². The van der Waals surface area contributed by atoms with Crippen molar-refractivity contribution in [2.45, 2.75) is 13.0 Å². The fourth-order valence-corrected chi connectivity index (χ4v) is 2.61. The first kappa shape index (κ1) is 14.6. The second kappa shape index (κ2) is 6.12. The van der Waals surface area contributed by atoms with Gasteiger partial charge in [0.05, 0.1) is 16.8 Å². The summed E-state index contributed by atoms with van der Waals surface area (Å²) < 4.78 is 14.6. The first-order valence-electron chi connectivity index (χ1n) is 5.64. The summed E-state index contributed by atoms with van der Waals surface area (Å²) in [5.74, 6) is -0.256. The van der Waals surface area contributed by atoms with E-state index in [-0.39, 0.29) is 11.9 Å². The van der Waals surface area contributed by atoms with E-state index in [1.54, 1.807) is 30.3 Å². The normalized spacial score (nSPS) is 12.3. The molecule has 1 nitrogen and oxygen atoms in total. The molecule has 0 heterocycles. The molecule has 1 atom stereocenters. The van der Waals surface area contributed by atoms with Gasteiger partial charge in [-0.1, -0.05) is 39.1 Å². The van der Waals surface area contributed by atoms with Crippen LogP contribution in [0.3, 0.4) is 0 Å². The molecule has 1 unspecified atom stereocenters. The van der Waals surface area contributed by atoms with Crippen LogP contribution in [0.5, 0.6) is 0 Å². The SMILES string of the molecule is CC(Nc1ccc(Cl)cc1Cl)c1cc(Br)ccc1F. The highest BCUT2D eigenvalue weighted by Crippen LogP contribution is 2.30. The van der Waals surface area contributed by atoms with Gasteiger partial charge in [0, 0.05) is 15.1 Å². The summed E-state index contributed by atoms with van der Waals surface area (Å²) in [6.07, 6.45) is 0. The van der Waals surface area contributed by atoms with Crippen LogP contribution in [0, 0.1) is 5.82 Å². The van der Waals surface area contributed by atoms with Crippen LogP contribution in [0.2, 0.25) is 10.0 Å². The van der Waals surface area contributed by atoms with Crippen LogP contribution >= 0.6 is 39.1 Å². The predicted octanol–water partition coefficient (Wildman–Crippen LogP) is 6.07.